The molecule has 0 saturated carbocycles. The second-order valence-corrected chi connectivity index (χ2v) is 4.07. The molecule has 5 nitrogen and oxygen atoms in total. The molecule has 21 heavy (non-hydrogen) atoms. The molecule has 0 atom stereocenters. The maximum atomic E-state index is 12.8. The van der Waals surface area contributed by atoms with E-state index in [-0.39, 0.29) is 5.69 Å². The van der Waals surface area contributed by atoms with Gasteiger partial charge in [0.1, 0.15) is 11.5 Å². The second-order valence-electron chi connectivity index (χ2n) is 4.07. The molecule has 0 aliphatic heterocycles. The van der Waals surface area contributed by atoms with E-state index in [2.05, 4.69) is 10.3 Å². The first-order chi connectivity index (χ1) is 10.1. The largest absolute Gasteiger partial charge is 0.478 e. The highest BCUT2D eigenvalue weighted by atomic mass is 19.1. The number of benzene rings is 1. The Kier molecular flexibility index (Phi) is 4.40. The summed E-state index contributed by atoms with van der Waals surface area (Å²) in [5.41, 5.74) is 0.874. The topological polar surface area (TPSA) is 79.3 Å². The Morgan fingerprint density at radius 3 is 2.57 bits per heavy atom. The minimum atomic E-state index is -1.12. The smallest absolute Gasteiger partial charge is 0.328 e. The van der Waals surface area contributed by atoms with Crippen LogP contribution in [0.3, 0.4) is 0 Å². The minimum absolute atomic E-state index is 0.0827. The van der Waals surface area contributed by atoms with Crippen LogP contribution in [0.4, 0.5) is 10.1 Å². The maximum Gasteiger partial charge on any atom is 0.328 e. The summed E-state index contributed by atoms with van der Waals surface area (Å²) in [6.45, 7) is 0. The first-order valence-electron chi connectivity index (χ1n) is 5.99. The van der Waals surface area contributed by atoms with Crippen LogP contribution >= 0.6 is 0 Å². The third-order valence-corrected chi connectivity index (χ3v) is 2.56. The summed E-state index contributed by atoms with van der Waals surface area (Å²) in [6, 6.07) is 8.45. The van der Waals surface area contributed by atoms with Crippen molar-refractivity contribution in [1.82, 2.24) is 4.98 Å². The summed E-state index contributed by atoms with van der Waals surface area (Å²) >= 11 is 0. The maximum absolute atomic E-state index is 12.8. The number of rotatable bonds is 4. The molecule has 0 aliphatic carbocycles. The molecular weight excluding hydrogens is 275 g/mol. The van der Waals surface area contributed by atoms with E-state index in [1.54, 1.807) is 12.1 Å². The van der Waals surface area contributed by atoms with Crippen molar-refractivity contribution >= 4 is 23.6 Å². The zero-order valence-corrected chi connectivity index (χ0v) is 10.8. The van der Waals surface area contributed by atoms with Crippen molar-refractivity contribution in [2.24, 2.45) is 0 Å². The normalized spacial score (nSPS) is 10.5. The van der Waals surface area contributed by atoms with Gasteiger partial charge in [-0.15, -0.1) is 0 Å². The lowest BCUT2D eigenvalue weighted by Crippen LogP contribution is -2.15. The summed E-state index contributed by atoms with van der Waals surface area (Å²) in [4.78, 5) is 26.6. The van der Waals surface area contributed by atoms with Gasteiger partial charge < -0.3 is 10.4 Å². The fourth-order valence-corrected chi connectivity index (χ4v) is 1.63. The first kappa shape index (κ1) is 14.4. The number of carbonyl (C=O) groups is 2. The summed E-state index contributed by atoms with van der Waals surface area (Å²) < 4.78 is 12.8. The molecule has 0 fully saturated rings. The molecule has 2 aromatic rings. The van der Waals surface area contributed by atoms with Gasteiger partial charge in [-0.25, -0.2) is 9.18 Å². The third kappa shape index (κ3) is 3.97. The minimum Gasteiger partial charge on any atom is -0.478 e. The van der Waals surface area contributed by atoms with Crippen molar-refractivity contribution in [3.63, 3.8) is 0 Å². The van der Waals surface area contributed by atoms with Gasteiger partial charge in [0.15, 0.2) is 0 Å². The van der Waals surface area contributed by atoms with Gasteiger partial charge in [0, 0.05) is 23.5 Å². The molecule has 0 bridgehead atoms. The summed E-state index contributed by atoms with van der Waals surface area (Å²) in [5, 5.41) is 11.2. The average molecular weight is 286 g/mol. The zero-order chi connectivity index (χ0) is 15.2. The van der Waals surface area contributed by atoms with E-state index in [1.165, 1.54) is 36.5 Å². The Morgan fingerprint density at radius 1 is 1.19 bits per heavy atom. The fraction of sp³-hybridized carbons (Fsp3) is 0. The molecule has 1 heterocycles. The van der Waals surface area contributed by atoms with Crippen LogP contribution in [0.5, 0.6) is 0 Å². The number of carboxylic acid groups (broad SMARTS) is 1. The van der Waals surface area contributed by atoms with Crippen molar-refractivity contribution in [3.8, 4) is 0 Å². The molecule has 2 N–H and O–H groups in total. The number of amides is 1. The molecule has 1 amide bonds. The number of pyridine rings is 1. The van der Waals surface area contributed by atoms with E-state index in [1.807, 2.05) is 0 Å². The molecule has 0 unspecified atom stereocenters. The Labute approximate surface area is 119 Å². The van der Waals surface area contributed by atoms with Crippen molar-refractivity contribution in [3.05, 3.63) is 65.7 Å². The Bertz CT molecular complexity index is 696. The Hall–Kier alpha value is -3.02. The van der Waals surface area contributed by atoms with E-state index < -0.39 is 17.7 Å². The van der Waals surface area contributed by atoms with E-state index in [0.717, 1.165) is 6.08 Å². The van der Waals surface area contributed by atoms with Crippen molar-refractivity contribution < 1.29 is 19.1 Å². The summed E-state index contributed by atoms with van der Waals surface area (Å²) in [6.07, 6.45) is 3.64. The van der Waals surface area contributed by atoms with E-state index in [9.17, 15) is 14.0 Å². The van der Waals surface area contributed by atoms with Gasteiger partial charge in [0.2, 0.25) is 0 Å². The van der Waals surface area contributed by atoms with E-state index in [0.29, 0.717) is 11.3 Å². The second kappa shape index (κ2) is 6.42. The number of aromatic nitrogens is 1. The molecule has 1 aromatic carbocycles. The molecule has 2 rings (SSSR count). The lowest BCUT2D eigenvalue weighted by atomic mass is 10.1. The number of hydrogen-bond acceptors (Lipinski definition) is 3. The number of carboxylic acids is 1. The molecule has 6 heteroatoms. The first-order valence-corrected chi connectivity index (χ1v) is 5.99. The van der Waals surface area contributed by atoms with Crippen LogP contribution < -0.4 is 5.32 Å². The molecule has 0 radical (unpaired) electrons. The van der Waals surface area contributed by atoms with Crippen LogP contribution in [-0.2, 0) is 4.79 Å². The zero-order valence-electron chi connectivity index (χ0n) is 10.8. The monoisotopic (exact) mass is 286 g/mol. The number of halogens is 1. The van der Waals surface area contributed by atoms with Crippen molar-refractivity contribution in [1.29, 1.82) is 0 Å². The lowest BCUT2D eigenvalue weighted by molar-refractivity contribution is -0.131. The standard InChI is InChI=1S/C15H11FN2O3/c16-11-4-6-12(7-5-11)18-15(21)14-10(2-1-9-17-14)3-8-13(19)20/h1-9H,(H,18,21)(H,19,20)/b8-3+. The lowest BCUT2D eigenvalue weighted by Gasteiger charge is -2.06. The molecule has 1 aromatic heterocycles. The highest BCUT2D eigenvalue weighted by molar-refractivity contribution is 6.05. The van der Waals surface area contributed by atoms with Gasteiger partial charge in [-0.05, 0) is 36.4 Å². The number of anilines is 1. The fourth-order valence-electron chi connectivity index (χ4n) is 1.63. The Morgan fingerprint density at radius 2 is 1.90 bits per heavy atom. The molecule has 0 saturated heterocycles. The highest BCUT2D eigenvalue weighted by Gasteiger charge is 2.11. The van der Waals surface area contributed by atoms with Gasteiger partial charge in [0.25, 0.3) is 5.91 Å². The number of aliphatic carboxylic acids is 1. The van der Waals surface area contributed by atoms with Gasteiger partial charge >= 0.3 is 5.97 Å². The predicted octanol–water partition coefficient (Wildman–Crippen LogP) is 2.57. The molecule has 0 spiro atoms. The number of hydrogen-bond donors (Lipinski definition) is 2. The molecular formula is C15H11FN2O3. The quantitative estimate of drug-likeness (QED) is 0.847. The van der Waals surface area contributed by atoms with Crippen molar-refractivity contribution in [2.45, 2.75) is 0 Å². The third-order valence-electron chi connectivity index (χ3n) is 2.56. The number of nitrogens with zero attached hydrogens (tertiary/aromatic N) is 1. The van der Waals surface area contributed by atoms with Gasteiger partial charge in [0.05, 0.1) is 0 Å². The van der Waals surface area contributed by atoms with Crippen LogP contribution in [0, 0.1) is 5.82 Å². The summed E-state index contributed by atoms with van der Waals surface area (Å²) in [5.74, 6) is -2.04. The number of nitrogens with one attached hydrogen (secondary N) is 1. The van der Waals surface area contributed by atoms with Gasteiger partial charge in [-0.1, -0.05) is 6.07 Å². The van der Waals surface area contributed by atoms with Gasteiger partial charge in [-0.3, -0.25) is 9.78 Å². The summed E-state index contributed by atoms with van der Waals surface area (Å²) in [7, 11) is 0. The van der Waals surface area contributed by atoms with Gasteiger partial charge in [-0.2, -0.15) is 0 Å². The predicted molar refractivity (Wildman–Crippen MR) is 75.3 cm³/mol. The van der Waals surface area contributed by atoms with E-state index in [4.69, 9.17) is 5.11 Å². The van der Waals surface area contributed by atoms with Crippen LogP contribution in [0.25, 0.3) is 6.08 Å². The van der Waals surface area contributed by atoms with Crippen molar-refractivity contribution in [2.75, 3.05) is 5.32 Å². The average Bonchev–Trinajstić information content (AvgIpc) is 2.47. The van der Waals surface area contributed by atoms with Crippen LogP contribution in [0.2, 0.25) is 0 Å². The van der Waals surface area contributed by atoms with Crippen LogP contribution in [-0.4, -0.2) is 22.0 Å². The number of carbonyl (C=O) groups excluding carboxylic acids is 1. The Balaban J connectivity index is 2.23. The highest BCUT2D eigenvalue weighted by Crippen LogP contribution is 2.13. The molecule has 0 aliphatic rings. The van der Waals surface area contributed by atoms with Crippen LogP contribution in [0.15, 0.2) is 48.7 Å². The van der Waals surface area contributed by atoms with Crippen LogP contribution in [0.1, 0.15) is 16.1 Å². The SMILES string of the molecule is O=C(O)/C=C/c1cccnc1C(=O)Nc1ccc(F)cc1. The van der Waals surface area contributed by atoms with E-state index >= 15 is 0 Å². The molecule has 106 valence electrons.